The number of carbonyl (C=O) groups excluding carboxylic acids is 1. The minimum Gasteiger partial charge on any atom is -0.497 e. The molecular weight excluding hydrogens is 284 g/mol. The third-order valence-corrected chi connectivity index (χ3v) is 4.97. The van der Waals surface area contributed by atoms with Gasteiger partial charge in [0.05, 0.1) is 12.8 Å². The zero-order valence-electron chi connectivity index (χ0n) is 13.0. The molecule has 21 heavy (non-hydrogen) atoms. The summed E-state index contributed by atoms with van der Waals surface area (Å²) in [5.41, 5.74) is 6.73. The lowest BCUT2D eigenvalue weighted by Crippen LogP contribution is -2.34. The summed E-state index contributed by atoms with van der Waals surface area (Å²) in [6.45, 7) is 4.18. The van der Waals surface area contributed by atoms with Gasteiger partial charge in [0.1, 0.15) is 10.6 Å². The van der Waals surface area contributed by atoms with Crippen molar-refractivity contribution in [2.75, 3.05) is 19.9 Å². The predicted molar refractivity (Wildman–Crippen MR) is 89.3 cm³/mol. The van der Waals surface area contributed by atoms with Crippen LogP contribution in [0.1, 0.15) is 36.4 Å². The minimum atomic E-state index is -0.00591. The summed E-state index contributed by atoms with van der Waals surface area (Å²) < 4.78 is 6.20. The highest BCUT2D eigenvalue weighted by molar-refractivity contribution is 7.21. The Kier molecular flexibility index (Phi) is 4.73. The minimum absolute atomic E-state index is 0.00591. The van der Waals surface area contributed by atoms with E-state index in [1.54, 1.807) is 12.0 Å². The number of rotatable bonds is 5. The maximum atomic E-state index is 12.6. The van der Waals surface area contributed by atoms with Crippen LogP contribution in [0, 0.1) is 0 Å². The van der Waals surface area contributed by atoms with Gasteiger partial charge in [-0.15, -0.1) is 11.3 Å². The molecule has 2 aromatic rings. The Morgan fingerprint density at radius 2 is 2.19 bits per heavy atom. The molecule has 114 valence electrons. The molecule has 2 rings (SSSR count). The van der Waals surface area contributed by atoms with E-state index in [1.807, 2.05) is 25.2 Å². The summed E-state index contributed by atoms with van der Waals surface area (Å²) in [6.07, 6.45) is 2.04. The molecule has 0 fully saturated rings. The molecule has 1 unspecified atom stereocenters. The molecule has 1 aromatic carbocycles. The second kappa shape index (κ2) is 6.35. The van der Waals surface area contributed by atoms with Gasteiger partial charge >= 0.3 is 0 Å². The van der Waals surface area contributed by atoms with Crippen molar-refractivity contribution < 1.29 is 9.53 Å². The first-order valence-corrected chi connectivity index (χ1v) is 7.94. The number of nitrogens with two attached hydrogens (primary N) is 1. The molecule has 0 saturated carbocycles. The van der Waals surface area contributed by atoms with Gasteiger partial charge in [0, 0.05) is 23.2 Å². The number of hydrogen-bond donors (Lipinski definition) is 1. The SMILES string of the molecule is CCCC(C)N(C)C(=O)c1sc2cc(OC)ccc2c1N. The zero-order chi connectivity index (χ0) is 15.6. The first kappa shape index (κ1) is 15.6. The zero-order valence-corrected chi connectivity index (χ0v) is 13.8. The van der Waals surface area contributed by atoms with E-state index in [-0.39, 0.29) is 11.9 Å². The quantitative estimate of drug-likeness (QED) is 0.915. The summed E-state index contributed by atoms with van der Waals surface area (Å²) in [7, 11) is 3.47. The molecule has 1 aromatic heterocycles. The van der Waals surface area contributed by atoms with Crippen LogP contribution < -0.4 is 10.5 Å². The maximum Gasteiger partial charge on any atom is 0.266 e. The van der Waals surface area contributed by atoms with Crippen molar-refractivity contribution in [3.8, 4) is 5.75 Å². The van der Waals surface area contributed by atoms with Crippen molar-refractivity contribution in [3.05, 3.63) is 23.1 Å². The van der Waals surface area contributed by atoms with Crippen LogP contribution in [0.2, 0.25) is 0 Å². The Labute approximate surface area is 129 Å². The molecule has 0 radical (unpaired) electrons. The van der Waals surface area contributed by atoms with Crippen molar-refractivity contribution >= 4 is 33.0 Å². The molecule has 1 amide bonds. The van der Waals surface area contributed by atoms with Gasteiger partial charge in [-0.3, -0.25) is 4.79 Å². The molecule has 1 atom stereocenters. The maximum absolute atomic E-state index is 12.6. The Balaban J connectivity index is 2.37. The van der Waals surface area contributed by atoms with Gasteiger partial charge in [-0.25, -0.2) is 0 Å². The fourth-order valence-electron chi connectivity index (χ4n) is 2.35. The Hall–Kier alpha value is -1.75. The van der Waals surface area contributed by atoms with Crippen LogP contribution in [0.5, 0.6) is 5.75 Å². The fraction of sp³-hybridized carbons (Fsp3) is 0.438. The second-order valence-corrected chi connectivity index (χ2v) is 6.31. The number of fused-ring (bicyclic) bond motifs is 1. The lowest BCUT2D eigenvalue weighted by molar-refractivity contribution is 0.0742. The highest BCUT2D eigenvalue weighted by Gasteiger charge is 2.22. The molecule has 0 spiro atoms. The number of nitrogen functional groups attached to an aromatic ring is 1. The molecule has 0 aliphatic heterocycles. The first-order chi connectivity index (χ1) is 9.99. The summed E-state index contributed by atoms with van der Waals surface area (Å²) in [4.78, 5) is 15.0. The summed E-state index contributed by atoms with van der Waals surface area (Å²) in [6, 6.07) is 5.90. The summed E-state index contributed by atoms with van der Waals surface area (Å²) >= 11 is 1.43. The summed E-state index contributed by atoms with van der Waals surface area (Å²) in [5, 5.41) is 0.917. The average Bonchev–Trinajstić information content (AvgIpc) is 2.82. The van der Waals surface area contributed by atoms with Crippen LogP contribution >= 0.6 is 11.3 Å². The number of amides is 1. The van der Waals surface area contributed by atoms with Crippen molar-refractivity contribution in [1.82, 2.24) is 4.90 Å². The number of anilines is 1. The second-order valence-electron chi connectivity index (χ2n) is 5.26. The van der Waals surface area contributed by atoms with Crippen molar-refractivity contribution in [3.63, 3.8) is 0 Å². The van der Waals surface area contributed by atoms with E-state index in [1.165, 1.54) is 11.3 Å². The molecule has 4 nitrogen and oxygen atoms in total. The molecular formula is C16H22N2O2S. The van der Waals surface area contributed by atoms with Crippen LogP contribution in [-0.4, -0.2) is 31.0 Å². The number of thiophene rings is 1. The third kappa shape index (κ3) is 2.97. The van der Waals surface area contributed by atoms with Crippen LogP contribution in [0.4, 0.5) is 5.69 Å². The van der Waals surface area contributed by atoms with E-state index < -0.39 is 0 Å². The van der Waals surface area contributed by atoms with Crippen molar-refractivity contribution in [2.45, 2.75) is 32.7 Å². The van der Waals surface area contributed by atoms with Gasteiger partial charge in [0.15, 0.2) is 0 Å². The summed E-state index contributed by atoms with van der Waals surface area (Å²) in [5.74, 6) is 0.768. The number of benzene rings is 1. The van der Waals surface area contributed by atoms with Crippen LogP contribution in [0.15, 0.2) is 18.2 Å². The standard InChI is InChI=1S/C16H22N2O2S/c1-5-6-10(2)18(3)16(19)15-14(17)12-8-7-11(20-4)9-13(12)21-15/h7-10H,5-6,17H2,1-4H3. The monoisotopic (exact) mass is 306 g/mol. The fourth-order valence-corrected chi connectivity index (χ4v) is 3.49. The van der Waals surface area contributed by atoms with E-state index in [2.05, 4.69) is 13.8 Å². The van der Waals surface area contributed by atoms with E-state index in [0.717, 1.165) is 28.7 Å². The molecule has 5 heteroatoms. The van der Waals surface area contributed by atoms with E-state index in [9.17, 15) is 4.79 Å². The van der Waals surface area contributed by atoms with Gasteiger partial charge in [0.25, 0.3) is 5.91 Å². The molecule has 1 heterocycles. The third-order valence-electron chi connectivity index (χ3n) is 3.82. The normalized spacial score (nSPS) is 12.4. The number of hydrogen-bond acceptors (Lipinski definition) is 4. The first-order valence-electron chi connectivity index (χ1n) is 7.12. The highest BCUT2D eigenvalue weighted by Crippen LogP contribution is 2.36. The van der Waals surface area contributed by atoms with Gasteiger partial charge in [-0.2, -0.15) is 0 Å². The van der Waals surface area contributed by atoms with Crippen LogP contribution in [0.3, 0.4) is 0 Å². The molecule has 0 aliphatic carbocycles. The van der Waals surface area contributed by atoms with Gasteiger partial charge < -0.3 is 15.4 Å². The van der Waals surface area contributed by atoms with Gasteiger partial charge in [-0.1, -0.05) is 13.3 Å². The number of ether oxygens (including phenoxy) is 1. The smallest absolute Gasteiger partial charge is 0.266 e. The molecule has 0 saturated heterocycles. The Morgan fingerprint density at radius 1 is 1.48 bits per heavy atom. The van der Waals surface area contributed by atoms with Crippen molar-refractivity contribution in [1.29, 1.82) is 0 Å². The lowest BCUT2D eigenvalue weighted by atomic mass is 10.1. The largest absolute Gasteiger partial charge is 0.497 e. The average molecular weight is 306 g/mol. The Morgan fingerprint density at radius 3 is 2.81 bits per heavy atom. The van der Waals surface area contributed by atoms with Crippen molar-refractivity contribution in [2.24, 2.45) is 0 Å². The number of nitrogens with zero attached hydrogens (tertiary/aromatic N) is 1. The Bertz CT molecular complexity index is 651. The van der Waals surface area contributed by atoms with E-state index in [4.69, 9.17) is 10.5 Å². The molecule has 0 aliphatic rings. The highest BCUT2D eigenvalue weighted by atomic mass is 32.1. The molecule has 0 bridgehead atoms. The van der Waals surface area contributed by atoms with Gasteiger partial charge in [0.2, 0.25) is 0 Å². The van der Waals surface area contributed by atoms with Gasteiger partial charge in [-0.05, 0) is 31.5 Å². The van der Waals surface area contributed by atoms with E-state index >= 15 is 0 Å². The topological polar surface area (TPSA) is 55.6 Å². The van der Waals surface area contributed by atoms with Crippen LogP contribution in [0.25, 0.3) is 10.1 Å². The number of carbonyl (C=O) groups is 1. The van der Waals surface area contributed by atoms with Crippen LogP contribution in [-0.2, 0) is 0 Å². The lowest BCUT2D eigenvalue weighted by Gasteiger charge is -2.24. The van der Waals surface area contributed by atoms with E-state index in [0.29, 0.717) is 10.6 Å². The predicted octanol–water partition coefficient (Wildman–Crippen LogP) is 3.75. The molecule has 2 N–H and O–H groups in total. The number of methoxy groups -OCH3 is 1.